The number of rotatable bonds is 2. The summed E-state index contributed by atoms with van der Waals surface area (Å²) in [6.45, 7) is 2.00. The van der Waals surface area contributed by atoms with E-state index < -0.39 is 0 Å². The molecule has 1 aliphatic rings. The summed E-state index contributed by atoms with van der Waals surface area (Å²) in [7, 11) is 0. The summed E-state index contributed by atoms with van der Waals surface area (Å²) < 4.78 is 0. The minimum Gasteiger partial charge on any atom is -0.322 e. The molecule has 12 heavy (non-hydrogen) atoms. The minimum atomic E-state index is 0.171. The van der Waals surface area contributed by atoms with Gasteiger partial charge in [0.25, 0.3) is 0 Å². The van der Waals surface area contributed by atoms with Crippen molar-refractivity contribution in [2.75, 3.05) is 0 Å². The zero-order valence-corrected chi connectivity index (χ0v) is 7.33. The van der Waals surface area contributed by atoms with Crippen LogP contribution in [0, 0.1) is 12.8 Å². The molecular formula is C10H14N2. The second kappa shape index (κ2) is 2.87. The molecule has 2 rings (SSSR count). The lowest BCUT2D eigenvalue weighted by molar-refractivity contribution is 0.613. The second-order valence-electron chi connectivity index (χ2n) is 3.57. The van der Waals surface area contributed by atoms with Crippen molar-refractivity contribution in [1.82, 2.24) is 4.98 Å². The molecule has 0 bridgehead atoms. The third-order valence-electron chi connectivity index (χ3n) is 2.38. The number of nitrogens with two attached hydrogens (primary N) is 1. The van der Waals surface area contributed by atoms with Gasteiger partial charge in [0.1, 0.15) is 0 Å². The predicted molar refractivity (Wildman–Crippen MR) is 48.6 cm³/mol. The molecule has 0 aromatic carbocycles. The largest absolute Gasteiger partial charge is 0.322 e. The fraction of sp³-hybridized carbons (Fsp3) is 0.500. The molecule has 0 amide bonds. The van der Waals surface area contributed by atoms with Crippen molar-refractivity contribution in [3.05, 3.63) is 29.6 Å². The highest BCUT2D eigenvalue weighted by molar-refractivity contribution is 5.15. The van der Waals surface area contributed by atoms with Crippen molar-refractivity contribution in [1.29, 1.82) is 0 Å². The highest BCUT2D eigenvalue weighted by Crippen LogP contribution is 2.38. The number of hydrogen-bond acceptors (Lipinski definition) is 2. The summed E-state index contributed by atoms with van der Waals surface area (Å²) >= 11 is 0. The molecule has 1 atom stereocenters. The first-order valence-electron chi connectivity index (χ1n) is 4.46. The van der Waals surface area contributed by atoms with Crippen LogP contribution in [-0.4, -0.2) is 4.98 Å². The average molecular weight is 162 g/mol. The normalized spacial score (nSPS) is 19.2. The van der Waals surface area contributed by atoms with Gasteiger partial charge in [0.2, 0.25) is 0 Å². The molecule has 0 radical (unpaired) electrons. The molecule has 1 heterocycles. The van der Waals surface area contributed by atoms with Gasteiger partial charge in [0.15, 0.2) is 0 Å². The Hall–Kier alpha value is -0.890. The van der Waals surface area contributed by atoms with E-state index in [1.165, 1.54) is 12.8 Å². The molecule has 64 valence electrons. The molecule has 1 saturated carbocycles. The van der Waals surface area contributed by atoms with E-state index in [2.05, 4.69) is 4.98 Å². The quantitative estimate of drug-likeness (QED) is 0.720. The van der Waals surface area contributed by atoms with Crippen LogP contribution in [0.25, 0.3) is 0 Å². The van der Waals surface area contributed by atoms with Crippen LogP contribution < -0.4 is 5.73 Å². The highest BCUT2D eigenvalue weighted by atomic mass is 14.8. The van der Waals surface area contributed by atoms with E-state index in [4.69, 9.17) is 5.73 Å². The molecule has 0 spiro atoms. The minimum absolute atomic E-state index is 0.171. The lowest BCUT2D eigenvalue weighted by Gasteiger charge is -2.09. The van der Waals surface area contributed by atoms with Gasteiger partial charge in [-0.05, 0) is 37.8 Å². The van der Waals surface area contributed by atoms with E-state index in [1.807, 2.05) is 25.1 Å². The molecule has 0 aliphatic heterocycles. The van der Waals surface area contributed by atoms with Crippen LogP contribution in [0.4, 0.5) is 0 Å². The lowest BCUT2D eigenvalue weighted by Crippen LogP contribution is -2.14. The fourth-order valence-corrected chi connectivity index (χ4v) is 1.45. The second-order valence-corrected chi connectivity index (χ2v) is 3.57. The third kappa shape index (κ3) is 1.48. The van der Waals surface area contributed by atoms with E-state index in [-0.39, 0.29) is 6.04 Å². The zero-order valence-electron chi connectivity index (χ0n) is 7.33. The van der Waals surface area contributed by atoms with Gasteiger partial charge < -0.3 is 5.73 Å². The number of aromatic nitrogens is 1. The number of aryl methyl sites for hydroxylation is 1. The van der Waals surface area contributed by atoms with Crippen molar-refractivity contribution >= 4 is 0 Å². The molecule has 2 nitrogen and oxygen atoms in total. The Morgan fingerprint density at radius 1 is 1.50 bits per heavy atom. The molecule has 2 N–H and O–H groups in total. The van der Waals surface area contributed by atoms with E-state index in [0.717, 1.165) is 11.4 Å². The maximum Gasteiger partial charge on any atom is 0.0577 e. The van der Waals surface area contributed by atoms with Gasteiger partial charge in [-0.3, -0.25) is 4.98 Å². The summed E-state index contributed by atoms with van der Waals surface area (Å²) in [5.41, 5.74) is 8.12. The predicted octanol–water partition coefficient (Wildman–Crippen LogP) is 1.80. The summed E-state index contributed by atoms with van der Waals surface area (Å²) in [4.78, 5) is 4.41. The molecule has 0 unspecified atom stereocenters. The first kappa shape index (κ1) is 7.74. The SMILES string of the molecule is Cc1cccc([C@@H](N)C2CC2)n1. The summed E-state index contributed by atoms with van der Waals surface area (Å²) in [6, 6.07) is 6.23. The van der Waals surface area contributed by atoms with Gasteiger partial charge in [-0.1, -0.05) is 6.07 Å². The van der Waals surface area contributed by atoms with Gasteiger partial charge in [-0.2, -0.15) is 0 Å². The maximum atomic E-state index is 6.01. The topological polar surface area (TPSA) is 38.9 Å². The van der Waals surface area contributed by atoms with Crippen LogP contribution in [0.3, 0.4) is 0 Å². The number of nitrogens with zero attached hydrogens (tertiary/aromatic N) is 1. The van der Waals surface area contributed by atoms with Crippen LogP contribution >= 0.6 is 0 Å². The lowest BCUT2D eigenvalue weighted by atomic mass is 10.1. The van der Waals surface area contributed by atoms with Crippen molar-refractivity contribution in [3.8, 4) is 0 Å². The molecule has 1 aromatic heterocycles. The number of hydrogen-bond donors (Lipinski definition) is 1. The van der Waals surface area contributed by atoms with Crippen LogP contribution in [-0.2, 0) is 0 Å². The average Bonchev–Trinajstić information content (AvgIpc) is 2.85. The van der Waals surface area contributed by atoms with Crippen LogP contribution in [0.1, 0.15) is 30.3 Å². The first-order valence-corrected chi connectivity index (χ1v) is 4.46. The molecule has 1 aliphatic carbocycles. The maximum absolute atomic E-state index is 6.01. The van der Waals surface area contributed by atoms with E-state index in [9.17, 15) is 0 Å². The Labute approximate surface area is 72.8 Å². The monoisotopic (exact) mass is 162 g/mol. The van der Waals surface area contributed by atoms with Crippen molar-refractivity contribution in [3.63, 3.8) is 0 Å². The Kier molecular flexibility index (Phi) is 1.85. The Morgan fingerprint density at radius 2 is 2.25 bits per heavy atom. The van der Waals surface area contributed by atoms with Gasteiger partial charge in [-0.15, -0.1) is 0 Å². The van der Waals surface area contributed by atoms with Gasteiger partial charge in [0.05, 0.1) is 5.69 Å². The molecule has 1 fully saturated rings. The number of pyridine rings is 1. The van der Waals surface area contributed by atoms with Crippen molar-refractivity contribution in [2.24, 2.45) is 11.7 Å². The highest BCUT2D eigenvalue weighted by Gasteiger charge is 2.30. The zero-order chi connectivity index (χ0) is 8.55. The van der Waals surface area contributed by atoms with Crippen molar-refractivity contribution < 1.29 is 0 Å². The summed E-state index contributed by atoms with van der Waals surface area (Å²) in [6.07, 6.45) is 2.55. The molecular weight excluding hydrogens is 148 g/mol. The van der Waals surface area contributed by atoms with Crippen LogP contribution in [0.15, 0.2) is 18.2 Å². The van der Waals surface area contributed by atoms with E-state index in [0.29, 0.717) is 5.92 Å². The smallest absolute Gasteiger partial charge is 0.0577 e. The molecule has 0 saturated heterocycles. The summed E-state index contributed by atoms with van der Waals surface area (Å²) in [5, 5.41) is 0. The molecule has 2 heteroatoms. The van der Waals surface area contributed by atoms with E-state index in [1.54, 1.807) is 0 Å². The Bertz CT molecular complexity index is 279. The van der Waals surface area contributed by atoms with Gasteiger partial charge >= 0.3 is 0 Å². The van der Waals surface area contributed by atoms with E-state index >= 15 is 0 Å². The van der Waals surface area contributed by atoms with Crippen LogP contribution in [0.2, 0.25) is 0 Å². The van der Waals surface area contributed by atoms with Gasteiger partial charge in [0, 0.05) is 11.7 Å². The molecule has 1 aromatic rings. The standard InChI is InChI=1S/C10H14N2/c1-7-3-2-4-9(12-7)10(11)8-5-6-8/h2-4,8,10H,5-6,11H2,1H3/t10-/m0/s1. The van der Waals surface area contributed by atoms with Gasteiger partial charge in [-0.25, -0.2) is 0 Å². The fourth-order valence-electron chi connectivity index (χ4n) is 1.45. The van der Waals surface area contributed by atoms with Crippen molar-refractivity contribution in [2.45, 2.75) is 25.8 Å². The Morgan fingerprint density at radius 3 is 2.83 bits per heavy atom. The third-order valence-corrected chi connectivity index (χ3v) is 2.38. The Balaban J connectivity index is 2.20. The summed E-state index contributed by atoms with van der Waals surface area (Å²) in [5.74, 6) is 0.694. The van der Waals surface area contributed by atoms with Crippen LogP contribution in [0.5, 0.6) is 0 Å². The first-order chi connectivity index (χ1) is 5.77.